The van der Waals surface area contributed by atoms with Crippen LogP contribution in [0.15, 0.2) is 40.3 Å². The highest BCUT2D eigenvalue weighted by atomic mass is 16.5. The van der Waals surface area contributed by atoms with Crippen molar-refractivity contribution in [1.82, 2.24) is 25.2 Å². The molecule has 3 heterocycles. The molecule has 1 amide bonds. The lowest BCUT2D eigenvalue weighted by Gasteiger charge is -2.34. The van der Waals surface area contributed by atoms with Gasteiger partial charge in [0.05, 0.1) is 25.7 Å². The Hall–Kier alpha value is -2.78. The van der Waals surface area contributed by atoms with Crippen molar-refractivity contribution in [2.45, 2.75) is 12.5 Å². The van der Waals surface area contributed by atoms with E-state index in [0.29, 0.717) is 19.8 Å². The average Bonchev–Trinajstić information content (AvgIpc) is 2.66. The topological polar surface area (TPSA) is 120 Å². The summed E-state index contributed by atoms with van der Waals surface area (Å²) in [6.45, 7) is 3.24. The predicted octanol–water partition coefficient (Wildman–Crippen LogP) is -0.810. The first kappa shape index (κ1) is 18.0. The molecule has 1 saturated heterocycles. The fraction of sp³-hybridized carbons (Fsp3) is 0.412. The molecule has 3 N–H and O–H groups in total. The Morgan fingerprint density at radius 1 is 1.35 bits per heavy atom. The van der Waals surface area contributed by atoms with Crippen LogP contribution < -0.4 is 16.6 Å². The number of H-pyrrole nitrogens is 2. The van der Waals surface area contributed by atoms with Gasteiger partial charge in [-0.1, -0.05) is 6.07 Å². The number of hydrogen-bond donors (Lipinski definition) is 3. The molecule has 1 fully saturated rings. The molecule has 138 valence electrons. The zero-order valence-corrected chi connectivity index (χ0v) is 14.2. The number of nitrogens with one attached hydrogen (secondary N) is 3. The van der Waals surface area contributed by atoms with Crippen LogP contribution in [0.2, 0.25) is 0 Å². The highest BCUT2D eigenvalue weighted by molar-refractivity contribution is 5.78. The number of amides is 1. The van der Waals surface area contributed by atoms with E-state index in [-0.39, 0.29) is 23.9 Å². The van der Waals surface area contributed by atoms with Gasteiger partial charge in [0.15, 0.2) is 0 Å². The number of rotatable bonds is 6. The summed E-state index contributed by atoms with van der Waals surface area (Å²) in [5.74, 6) is -0.287. The van der Waals surface area contributed by atoms with Crippen LogP contribution >= 0.6 is 0 Å². The smallest absolute Gasteiger partial charge is 0.325 e. The van der Waals surface area contributed by atoms with Crippen LogP contribution in [0.5, 0.6) is 0 Å². The van der Waals surface area contributed by atoms with Gasteiger partial charge in [0, 0.05) is 43.8 Å². The van der Waals surface area contributed by atoms with E-state index >= 15 is 0 Å². The highest BCUT2D eigenvalue weighted by Gasteiger charge is 2.23. The van der Waals surface area contributed by atoms with Crippen molar-refractivity contribution < 1.29 is 9.53 Å². The zero-order chi connectivity index (χ0) is 18.4. The number of aromatic nitrogens is 3. The van der Waals surface area contributed by atoms with Gasteiger partial charge in [-0.15, -0.1) is 0 Å². The summed E-state index contributed by atoms with van der Waals surface area (Å²) < 4.78 is 5.40. The maximum atomic E-state index is 12.3. The van der Waals surface area contributed by atoms with E-state index < -0.39 is 11.2 Å². The lowest BCUT2D eigenvalue weighted by molar-refractivity contribution is -0.120. The van der Waals surface area contributed by atoms with Crippen molar-refractivity contribution in [3.8, 4) is 0 Å². The molecule has 0 radical (unpaired) electrons. The van der Waals surface area contributed by atoms with Gasteiger partial charge < -0.3 is 15.0 Å². The number of carbonyl (C=O) groups is 1. The van der Waals surface area contributed by atoms with Gasteiger partial charge in [0.2, 0.25) is 5.91 Å². The molecule has 0 spiro atoms. The Labute approximate surface area is 149 Å². The first-order valence-electron chi connectivity index (χ1n) is 8.43. The second kappa shape index (κ2) is 8.54. The zero-order valence-electron chi connectivity index (χ0n) is 14.2. The lowest BCUT2D eigenvalue weighted by Crippen LogP contribution is -2.44. The SMILES string of the molecule is O=C(Cc1c[nH]c(=O)[nH]c1=O)NC[C@H](c1cccnc1)N1CCOCC1. The molecule has 1 aliphatic rings. The van der Waals surface area contributed by atoms with Crippen LogP contribution in [0.3, 0.4) is 0 Å². The fourth-order valence-corrected chi connectivity index (χ4v) is 2.93. The first-order valence-corrected chi connectivity index (χ1v) is 8.43. The molecule has 0 saturated carbocycles. The van der Waals surface area contributed by atoms with E-state index in [2.05, 4.69) is 25.2 Å². The van der Waals surface area contributed by atoms with Crippen LogP contribution in [0.1, 0.15) is 17.2 Å². The molecular formula is C17H21N5O4. The predicted molar refractivity (Wildman–Crippen MR) is 93.8 cm³/mol. The molecule has 1 aliphatic heterocycles. The maximum absolute atomic E-state index is 12.3. The molecule has 0 bridgehead atoms. The Bertz CT molecular complexity index is 842. The van der Waals surface area contributed by atoms with E-state index in [4.69, 9.17) is 4.74 Å². The molecular weight excluding hydrogens is 338 g/mol. The molecule has 3 rings (SSSR count). The van der Waals surface area contributed by atoms with E-state index in [1.54, 1.807) is 12.4 Å². The molecule has 2 aromatic heterocycles. The van der Waals surface area contributed by atoms with E-state index in [9.17, 15) is 14.4 Å². The maximum Gasteiger partial charge on any atom is 0.325 e. The van der Waals surface area contributed by atoms with E-state index in [1.807, 2.05) is 12.1 Å². The quantitative estimate of drug-likeness (QED) is 0.620. The summed E-state index contributed by atoms with van der Waals surface area (Å²) in [4.78, 5) is 45.9. The van der Waals surface area contributed by atoms with Crippen LogP contribution in [0.25, 0.3) is 0 Å². The number of carbonyl (C=O) groups excluding carboxylic acids is 1. The van der Waals surface area contributed by atoms with Crippen LogP contribution in [0, 0.1) is 0 Å². The van der Waals surface area contributed by atoms with Gasteiger partial charge in [0.1, 0.15) is 0 Å². The molecule has 9 heteroatoms. The number of nitrogens with zero attached hydrogens (tertiary/aromatic N) is 2. The van der Waals surface area contributed by atoms with Gasteiger partial charge in [0.25, 0.3) is 5.56 Å². The molecule has 9 nitrogen and oxygen atoms in total. The summed E-state index contributed by atoms with van der Waals surface area (Å²) >= 11 is 0. The van der Waals surface area contributed by atoms with E-state index in [0.717, 1.165) is 18.7 Å². The van der Waals surface area contributed by atoms with E-state index in [1.165, 1.54) is 6.20 Å². The minimum absolute atomic E-state index is 0.0228. The number of hydrogen-bond acceptors (Lipinski definition) is 6. The normalized spacial score (nSPS) is 16.2. The molecule has 1 atom stereocenters. The number of pyridine rings is 1. The van der Waals surface area contributed by atoms with Crippen molar-refractivity contribution in [2.24, 2.45) is 0 Å². The van der Waals surface area contributed by atoms with Gasteiger partial charge in [-0.2, -0.15) is 0 Å². The first-order chi connectivity index (χ1) is 12.6. The van der Waals surface area contributed by atoms with Crippen molar-refractivity contribution in [1.29, 1.82) is 0 Å². The van der Waals surface area contributed by atoms with Gasteiger partial charge in [-0.3, -0.25) is 24.5 Å². The highest BCUT2D eigenvalue weighted by Crippen LogP contribution is 2.20. The molecule has 0 aliphatic carbocycles. The number of morpholine rings is 1. The summed E-state index contributed by atoms with van der Waals surface area (Å²) in [6, 6.07) is 3.82. The van der Waals surface area contributed by atoms with Crippen molar-refractivity contribution >= 4 is 5.91 Å². The minimum atomic E-state index is -0.594. The molecule has 26 heavy (non-hydrogen) atoms. The van der Waals surface area contributed by atoms with Gasteiger partial charge in [-0.05, 0) is 11.6 Å². The third kappa shape index (κ3) is 4.64. The molecule has 2 aromatic rings. The summed E-state index contributed by atoms with van der Waals surface area (Å²) in [5, 5.41) is 2.87. The Morgan fingerprint density at radius 3 is 2.85 bits per heavy atom. The number of ether oxygens (including phenoxy) is 1. The third-order valence-corrected chi connectivity index (χ3v) is 4.30. The molecule has 0 unspecified atom stereocenters. The van der Waals surface area contributed by atoms with Crippen molar-refractivity contribution in [3.05, 3.63) is 62.7 Å². The van der Waals surface area contributed by atoms with Crippen LogP contribution in [-0.2, 0) is 16.0 Å². The monoisotopic (exact) mass is 359 g/mol. The van der Waals surface area contributed by atoms with Crippen LogP contribution in [0.4, 0.5) is 0 Å². The second-order valence-electron chi connectivity index (χ2n) is 6.03. The van der Waals surface area contributed by atoms with Crippen LogP contribution in [-0.4, -0.2) is 58.6 Å². The fourth-order valence-electron chi connectivity index (χ4n) is 2.93. The largest absolute Gasteiger partial charge is 0.379 e. The van der Waals surface area contributed by atoms with Crippen molar-refractivity contribution in [2.75, 3.05) is 32.8 Å². The Kier molecular flexibility index (Phi) is 5.92. The number of aromatic amines is 2. The Morgan fingerprint density at radius 2 is 2.15 bits per heavy atom. The molecule has 0 aromatic carbocycles. The average molecular weight is 359 g/mol. The third-order valence-electron chi connectivity index (χ3n) is 4.30. The Balaban J connectivity index is 1.66. The summed E-state index contributed by atoms with van der Waals surface area (Å²) in [6.07, 6.45) is 4.66. The standard InChI is InChI=1S/C17H21N5O4/c23-15(8-13-10-20-17(25)21-16(13)24)19-11-14(12-2-1-3-18-9-12)22-4-6-26-7-5-22/h1-3,9-10,14H,4-8,11H2,(H,19,23)(H2,20,21,24,25)/t14-/m1/s1. The summed E-state index contributed by atoms with van der Waals surface area (Å²) in [7, 11) is 0. The summed E-state index contributed by atoms with van der Waals surface area (Å²) in [5.41, 5.74) is 0.0759. The van der Waals surface area contributed by atoms with Gasteiger partial charge in [-0.25, -0.2) is 4.79 Å². The second-order valence-corrected chi connectivity index (χ2v) is 6.03. The lowest BCUT2D eigenvalue weighted by atomic mass is 10.1. The van der Waals surface area contributed by atoms with Crippen molar-refractivity contribution in [3.63, 3.8) is 0 Å². The minimum Gasteiger partial charge on any atom is -0.379 e. The van der Waals surface area contributed by atoms with Gasteiger partial charge >= 0.3 is 5.69 Å².